The van der Waals surface area contributed by atoms with Gasteiger partial charge in [0.1, 0.15) is 0 Å². The van der Waals surface area contributed by atoms with Crippen LogP contribution in [0.2, 0.25) is 0 Å². The summed E-state index contributed by atoms with van der Waals surface area (Å²) in [5.41, 5.74) is 0.329. The molecule has 2 aliphatic carbocycles. The van der Waals surface area contributed by atoms with Gasteiger partial charge in [-0.15, -0.1) is 0 Å². The summed E-state index contributed by atoms with van der Waals surface area (Å²) in [6.45, 7) is 6.96. The van der Waals surface area contributed by atoms with Crippen molar-refractivity contribution in [2.45, 2.75) is 76.3 Å². The topological polar surface area (TPSA) is 9.23 Å². The van der Waals surface area contributed by atoms with Gasteiger partial charge in [0.05, 0.1) is 12.2 Å². The lowest BCUT2D eigenvalue weighted by atomic mass is 9.68. The van der Waals surface area contributed by atoms with E-state index in [1.54, 1.807) is 0 Å². The second-order valence-corrected chi connectivity index (χ2v) is 7.25. The molecule has 0 aliphatic heterocycles. The van der Waals surface area contributed by atoms with Crippen molar-refractivity contribution in [3.63, 3.8) is 0 Å². The van der Waals surface area contributed by atoms with Gasteiger partial charge in [-0.3, -0.25) is 0 Å². The quantitative estimate of drug-likeness (QED) is 0.693. The molecule has 2 fully saturated rings. The van der Waals surface area contributed by atoms with Crippen molar-refractivity contribution < 1.29 is 4.74 Å². The number of rotatable bonds is 3. The summed E-state index contributed by atoms with van der Waals surface area (Å²) in [7, 11) is 0. The molecule has 0 radical (unpaired) electrons. The van der Waals surface area contributed by atoms with Crippen LogP contribution in [0.3, 0.4) is 0 Å². The molecule has 0 saturated heterocycles. The summed E-state index contributed by atoms with van der Waals surface area (Å²) < 4.78 is 6.39. The van der Waals surface area contributed by atoms with E-state index in [1.807, 2.05) is 0 Å². The molecular formula is C14H25BrO. The zero-order chi connectivity index (χ0) is 11.8. The van der Waals surface area contributed by atoms with E-state index in [0.717, 1.165) is 5.92 Å². The van der Waals surface area contributed by atoms with Crippen LogP contribution in [0.4, 0.5) is 0 Å². The molecular weight excluding hydrogens is 264 g/mol. The lowest BCUT2D eigenvalue weighted by Crippen LogP contribution is -2.53. The van der Waals surface area contributed by atoms with E-state index in [1.165, 1.54) is 38.5 Å². The normalized spacial score (nSPS) is 42.8. The van der Waals surface area contributed by atoms with E-state index in [4.69, 9.17) is 4.74 Å². The molecule has 0 aromatic rings. The van der Waals surface area contributed by atoms with E-state index in [9.17, 15) is 0 Å². The molecule has 4 atom stereocenters. The molecule has 0 bridgehead atoms. The number of alkyl halides is 1. The van der Waals surface area contributed by atoms with Gasteiger partial charge in [-0.25, -0.2) is 0 Å². The molecule has 0 spiro atoms. The van der Waals surface area contributed by atoms with E-state index < -0.39 is 0 Å². The first kappa shape index (κ1) is 12.9. The van der Waals surface area contributed by atoms with E-state index in [2.05, 4.69) is 36.7 Å². The van der Waals surface area contributed by atoms with Gasteiger partial charge in [-0.1, -0.05) is 56.0 Å². The average molecular weight is 289 g/mol. The molecule has 0 heterocycles. The fourth-order valence-electron chi connectivity index (χ4n) is 3.10. The Balaban J connectivity index is 1.89. The summed E-state index contributed by atoms with van der Waals surface area (Å²) in [4.78, 5) is 0.647. The Morgan fingerprint density at radius 1 is 1.25 bits per heavy atom. The molecule has 0 aromatic carbocycles. The monoisotopic (exact) mass is 288 g/mol. The highest BCUT2D eigenvalue weighted by Gasteiger charge is 2.49. The van der Waals surface area contributed by atoms with E-state index in [-0.39, 0.29) is 0 Å². The summed E-state index contributed by atoms with van der Waals surface area (Å²) in [5.74, 6) is 0.818. The number of halogens is 1. The number of hydrogen-bond donors (Lipinski definition) is 0. The molecule has 0 N–H and O–H groups in total. The van der Waals surface area contributed by atoms with Crippen molar-refractivity contribution >= 4 is 15.9 Å². The van der Waals surface area contributed by atoms with Gasteiger partial charge >= 0.3 is 0 Å². The van der Waals surface area contributed by atoms with Crippen molar-refractivity contribution in [1.82, 2.24) is 0 Å². The van der Waals surface area contributed by atoms with Crippen LogP contribution in [0.5, 0.6) is 0 Å². The lowest BCUT2D eigenvalue weighted by Gasteiger charge is -2.51. The highest BCUT2D eigenvalue weighted by atomic mass is 79.9. The van der Waals surface area contributed by atoms with Crippen LogP contribution >= 0.6 is 15.9 Å². The van der Waals surface area contributed by atoms with E-state index in [0.29, 0.717) is 22.5 Å². The predicted molar refractivity (Wildman–Crippen MR) is 72.0 cm³/mol. The Bertz CT molecular complexity index is 239. The molecule has 16 heavy (non-hydrogen) atoms. The van der Waals surface area contributed by atoms with Gasteiger partial charge in [0.2, 0.25) is 0 Å². The maximum Gasteiger partial charge on any atom is 0.0651 e. The van der Waals surface area contributed by atoms with Gasteiger partial charge in [0, 0.05) is 10.2 Å². The Hall–Kier alpha value is 0.440. The van der Waals surface area contributed by atoms with Crippen LogP contribution in [0, 0.1) is 11.3 Å². The summed E-state index contributed by atoms with van der Waals surface area (Å²) in [6, 6.07) is 0. The standard InChI is InChI=1S/C14H25BrO/c1-4-10-7-5-6-8-11(10)16-13-9-12(15)14(13,2)3/h10-13H,4-9H2,1-3H3. The molecule has 94 valence electrons. The summed E-state index contributed by atoms with van der Waals surface area (Å²) in [5, 5.41) is 0. The minimum atomic E-state index is 0.329. The Kier molecular flexibility index (Phi) is 4.01. The zero-order valence-corrected chi connectivity index (χ0v) is 12.4. The van der Waals surface area contributed by atoms with Crippen molar-refractivity contribution in [2.24, 2.45) is 11.3 Å². The predicted octanol–water partition coefficient (Wildman–Crippen LogP) is 4.53. The smallest absolute Gasteiger partial charge is 0.0651 e. The molecule has 2 saturated carbocycles. The molecule has 2 rings (SSSR count). The molecule has 2 aliphatic rings. The number of ether oxygens (including phenoxy) is 1. The Labute approximate surface area is 108 Å². The van der Waals surface area contributed by atoms with Gasteiger partial charge in [0.25, 0.3) is 0 Å². The first-order valence-electron chi connectivity index (χ1n) is 6.85. The third-order valence-corrected chi connectivity index (χ3v) is 6.31. The minimum absolute atomic E-state index is 0.329. The Morgan fingerprint density at radius 2 is 1.94 bits per heavy atom. The first-order chi connectivity index (χ1) is 7.55. The van der Waals surface area contributed by atoms with Crippen LogP contribution in [0.25, 0.3) is 0 Å². The lowest BCUT2D eigenvalue weighted by molar-refractivity contribution is -0.145. The summed E-state index contributed by atoms with van der Waals surface area (Å²) >= 11 is 3.74. The maximum absolute atomic E-state index is 6.39. The van der Waals surface area contributed by atoms with Crippen LogP contribution in [0.1, 0.15) is 59.3 Å². The molecule has 1 nitrogen and oxygen atoms in total. The van der Waals surface area contributed by atoms with Crippen LogP contribution in [0.15, 0.2) is 0 Å². The molecule has 2 heteroatoms. The maximum atomic E-state index is 6.39. The average Bonchev–Trinajstić information content (AvgIpc) is 2.29. The van der Waals surface area contributed by atoms with E-state index >= 15 is 0 Å². The van der Waals surface area contributed by atoms with Crippen LogP contribution in [-0.4, -0.2) is 17.0 Å². The third-order valence-electron chi connectivity index (χ3n) is 4.76. The second-order valence-electron chi connectivity index (χ2n) is 6.14. The van der Waals surface area contributed by atoms with Crippen molar-refractivity contribution in [3.05, 3.63) is 0 Å². The number of hydrogen-bond acceptors (Lipinski definition) is 1. The first-order valence-corrected chi connectivity index (χ1v) is 7.76. The van der Waals surface area contributed by atoms with Gasteiger partial charge < -0.3 is 4.74 Å². The third kappa shape index (κ3) is 2.33. The van der Waals surface area contributed by atoms with Gasteiger partial charge in [-0.05, 0) is 25.2 Å². The molecule has 0 aromatic heterocycles. The molecule has 0 amide bonds. The second kappa shape index (κ2) is 4.97. The fourth-order valence-corrected chi connectivity index (χ4v) is 3.73. The highest BCUT2D eigenvalue weighted by Crippen LogP contribution is 2.48. The van der Waals surface area contributed by atoms with Crippen molar-refractivity contribution in [2.75, 3.05) is 0 Å². The minimum Gasteiger partial charge on any atom is -0.374 e. The zero-order valence-electron chi connectivity index (χ0n) is 10.8. The highest BCUT2D eigenvalue weighted by molar-refractivity contribution is 9.09. The van der Waals surface area contributed by atoms with Crippen LogP contribution < -0.4 is 0 Å². The van der Waals surface area contributed by atoms with Crippen LogP contribution in [-0.2, 0) is 4.74 Å². The summed E-state index contributed by atoms with van der Waals surface area (Å²) in [6.07, 6.45) is 8.95. The Morgan fingerprint density at radius 3 is 2.50 bits per heavy atom. The van der Waals surface area contributed by atoms with Crippen molar-refractivity contribution in [1.29, 1.82) is 0 Å². The largest absolute Gasteiger partial charge is 0.374 e. The SMILES string of the molecule is CCC1CCCCC1OC1CC(Br)C1(C)C. The van der Waals surface area contributed by atoms with Crippen molar-refractivity contribution in [3.8, 4) is 0 Å². The van der Waals surface area contributed by atoms with Gasteiger partial charge in [-0.2, -0.15) is 0 Å². The fraction of sp³-hybridized carbons (Fsp3) is 1.00. The molecule has 4 unspecified atom stereocenters. The van der Waals surface area contributed by atoms with Gasteiger partial charge in [0.15, 0.2) is 0 Å².